The van der Waals surface area contributed by atoms with Crippen molar-refractivity contribution in [3.8, 4) is 11.5 Å². The molecular weight excluding hydrogens is 499 g/mol. The number of amides is 1. The Morgan fingerprint density at radius 3 is 2.56 bits per heavy atom. The molecule has 1 spiro atoms. The van der Waals surface area contributed by atoms with E-state index in [9.17, 15) is 9.59 Å². The number of fused-ring (bicyclic) bond motifs is 1. The van der Waals surface area contributed by atoms with E-state index in [0.717, 1.165) is 44.3 Å². The molecule has 1 amide bonds. The highest BCUT2D eigenvalue weighted by atomic mass is 35.5. The Bertz CT molecular complexity index is 1130. The van der Waals surface area contributed by atoms with Gasteiger partial charge < -0.3 is 19.7 Å². The van der Waals surface area contributed by atoms with E-state index in [2.05, 4.69) is 10.2 Å². The number of benzene rings is 2. The third-order valence-electron chi connectivity index (χ3n) is 7.57. The zero-order valence-electron chi connectivity index (χ0n) is 20.6. The SMILES string of the molecule is Cc1cc(OC2CCCC2)c2c(c1)C(=O)CC1(CCN(CCNC(=O)c3c(Cl)cccc3Cl)CC1)O2. The van der Waals surface area contributed by atoms with Crippen molar-refractivity contribution in [2.75, 3.05) is 26.2 Å². The Hall–Kier alpha value is -2.28. The lowest BCUT2D eigenvalue weighted by Crippen LogP contribution is -2.52. The second-order valence-electron chi connectivity index (χ2n) is 10.2. The number of nitrogens with one attached hydrogen (secondary N) is 1. The van der Waals surface area contributed by atoms with E-state index in [1.54, 1.807) is 18.2 Å². The molecule has 0 radical (unpaired) electrons. The summed E-state index contributed by atoms with van der Waals surface area (Å²) in [6.45, 7) is 4.75. The summed E-state index contributed by atoms with van der Waals surface area (Å²) in [6, 6.07) is 8.96. The average molecular weight is 531 g/mol. The molecule has 2 aromatic rings. The summed E-state index contributed by atoms with van der Waals surface area (Å²) in [5.41, 5.74) is 1.47. The fourth-order valence-electron chi connectivity index (χ4n) is 5.56. The van der Waals surface area contributed by atoms with Crippen LogP contribution in [0.2, 0.25) is 10.0 Å². The summed E-state index contributed by atoms with van der Waals surface area (Å²) in [5, 5.41) is 3.59. The number of halogens is 2. The summed E-state index contributed by atoms with van der Waals surface area (Å²) >= 11 is 12.3. The fraction of sp³-hybridized carbons (Fsp3) is 0.500. The van der Waals surface area contributed by atoms with E-state index in [0.29, 0.717) is 52.2 Å². The van der Waals surface area contributed by atoms with Crippen LogP contribution >= 0.6 is 23.2 Å². The van der Waals surface area contributed by atoms with Gasteiger partial charge in [0.2, 0.25) is 0 Å². The molecule has 36 heavy (non-hydrogen) atoms. The van der Waals surface area contributed by atoms with Crippen LogP contribution < -0.4 is 14.8 Å². The Labute approximate surface area is 222 Å². The lowest BCUT2D eigenvalue weighted by atomic mass is 9.82. The minimum atomic E-state index is -0.502. The van der Waals surface area contributed by atoms with Crippen molar-refractivity contribution >= 4 is 34.9 Å². The quantitative estimate of drug-likeness (QED) is 0.507. The molecule has 0 unspecified atom stereocenters. The lowest BCUT2D eigenvalue weighted by molar-refractivity contribution is -0.0115. The number of ketones is 1. The Morgan fingerprint density at radius 2 is 1.86 bits per heavy atom. The van der Waals surface area contributed by atoms with Crippen LogP contribution in [0.25, 0.3) is 0 Å². The molecule has 1 N–H and O–H groups in total. The van der Waals surface area contributed by atoms with Crippen LogP contribution in [0.5, 0.6) is 11.5 Å². The third-order valence-corrected chi connectivity index (χ3v) is 8.20. The minimum absolute atomic E-state index is 0.133. The summed E-state index contributed by atoms with van der Waals surface area (Å²) in [7, 11) is 0. The first-order valence-corrected chi connectivity index (χ1v) is 13.6. The van der Waals surface area contributed by atoms with Crippen molar-refractivity contribution in [3.63, 3.8) is 0 Å². The van der Waals surface area contributed by atoms with Gasteiger partial charge in [0.25, 0.3) is 5.91 Å². The second kappa shape index (κ2) is 10.6. The van der Waals surface area contributed by atoms with Gasteiger partial charge >= 0.3 is 0 Å². The summed E-state index contributed by atoms with van der Waals surface area (Å²) in [4.78, 5) is 28.0. The average Bonchev–Trinajstić information content (AvgIpc) is 3.34. The van der Waals surface area contributed by atoms with Crippen LogP contribution in [0.1, 0.15) is 71.2 Å². The van der Waals surface area contributed by atoms with Gasteiger partial charge in [-0.3, -0.25) is 9.59 Å². The third kappa shape index (κ3) is 5.36. The van der Waals surface area contributed by atoms with Crippen LogP contribution in [0.15, 0.2) is 30.3 Å². The van der Waals surface area contributed by atoms with Crippen molar-refractivity contribution in [3.05, 3.63) is 57.1 Å². The van der Waals surface area contributed by atoms with Crippen LogP contribution in [-0.2, 0) is 0 Å². The molecule has 1 saturated carbocycles. The number of hydrogen-bond acceptors (Lipinski definition) is 5. The van der Waals surface area contributed by atoms with Gasteiger partial charge in [0, 0.05) is 39.0 Å². The van der Waals surface area contributed by atoms with Crippen LogP contribution in [-0.4, -0.2) is 54.5 Å². The standard InChI is InChI=1S/C28H32Cl2N2O4/c1-18-15-20-23(33)17-28(36-26(20)24(16-18)35-19-5-2-3-6-19)9-12-32(13-10-28)14-11-31-27(34)25-21(29)7-4-8-22(25)30/h4,7-8,15-16,19H,2-3,5-6,9-14,17H2,1H3,(H,31,34). The number of aryl methyl sites for hydroxylation is 1. The number of hydrogen-bond donors (Lipinski definition) is 1. The molecule has 0 bridgehead atoms. The Morgan fingerprint density at radius 1 is 1.17 bits per heavy atom. The molecule has 1 saturated heterocycles. The molecule has 3 aliphatic rings. The number of nitrogens with zero attached hydrogens (tertiary/aromatic N) is 1. The predicted molar refractivity (Wildman–Crippen MR) is 141 cm³/mol. The van der Waals surface area contributed by atoms with Gasteiger partial charge in [0.15, 0.2) is 17.3 Å². The van der Waals surface area contributed by atoms with Crippen molar-refractivity contribution in [2.45, 2.75) is 63.6 Å². The normalized spacial score (nSPS) is 19.7. The molecular formula is C28H32Cl2N2O4. The first kappa shape index (κ1) is 25.4. The Balaban J connectivity index is 1.19. The van der Waals surface area contributed by atoms with E-state index in [1.807, 2.05) is 19.1 Å². The van der Waals surface area contributed by atoms with Gasteiger partial charge in [0.05, 0.1) is 33.7 Å². The summed E-state index contributed by atoms with van der Waals surface area (Å²) < 4.78 is 13.0. The highest BCUT2D eigenvalue weighted by Gasteiger charge is 2.44. The Kier molecular flexibility index (Phi) is 7.47. The van der Waals surface area contributed by atoms with Crippen molar-refractivity contribution in [1.82, 2.24) is 10.2 Å². The number of carbonyl (C=O) groups is 2. The molecule has 2 aromatic carbocycles. The molecule has 5 rings (SSSR count). The lowest BCUT2D eigenvalue weighted by Gasteiger charge is -2.44. The van der Waals surface area contributed by atoms with Crippen LogP contribution in [0.4, 0.5) is 0 Å². The molecule has 192 valence electrons. The molecule has 6 nitrogen and oxygen atoms in total. The predicted octanol–water partition coefficient (Wildman–Crippen LogP) is 5.85. The van der Waals surface area contributed by atoms with Crippen LogP contribution in [0, 0.1) is 6.92 Å². The zero-order chi connectivity index (χ0) is 25.3. The van der Waals surface area contributed by atoms with E-state index >= 15 is 0 Å². The zero-order valence-corrected chi connectivity index (χ0v) is 22.1. The van der Waals surface area contributed by atoms with Crippen molar-refractivity contribution < 1.29 is 19.1 Å². The fourth-order valence-corrected chi connectivity index (χ4v) is 6.13. The number of likely N-dealkylation sites (tertiary alicyclic amines) is 1. The highest BCUT2D eigenvalue weighted by Crippen LogP contribution is 2.45. The topological polar surface area (TPSA) is 67.9 Å². The monoisotopic (exact) mass is 530 g/mol. The first-order valence-electron chi connectivity index (χ1n) is 12.8. The molecule has 2 heterocycles. The maximum absolute atomic E-state index is 13.2. The molecule has 2 fully saturated rings. The minimum Gasteiger partial charge on any atom is -0.487 e. The number of ether oxygens (including phenoxy) is 2. The largest absolute Gasteiger partial charge is 0.487 e. The van der Waals surface area contributed by atoms with Gasteiger partial charge in [-0.1, -0.05) is 29.3 Å². The van der Waals surface area contributed by atoms with Gasteiger partial charge in [-0.15, -0.1) is 0 Å². The summed E-state index contributed by atoms with van der Waals surface area (Å²) in [6.07, 6.45) is 6.56. The second-order valence-corrected chi connectivity index (χ2v) is 11.1. The van der Waals surface area contributed by atoms with Gasteiger partial charge in [-0.25, -0.2) is 0 Å². The van der Waals surface area contributed by atoms with Gasteiger partial charge in [-0.2, -0.15) is 0 Å². The van der Waals surface area contributed by atoms with Crippen molar-refractivity contribution in [1.29, 1.82) is 0 Å². The number of carbonyl (C=O) groups excluding carboxylic acids is 2. The van der Waals surface area contributed by atoms with E-state index in [1.165, 1.54) is 12.8 Å². The smallest absolute Gasteiger partial charge is 0.254 e. The van der Waals surface area contributed by atoms with Crippen LogP contribution in [0.3, 0.4) is 0 Å². The number of piperidine rings is 1. The van der Waals surface area contributed by atoms with Gasteiger partial charge in [-0.05, 0) is 62.4 Å². The van der Waals surface area contributed by atoms with E-state index in [-0.39, 0.29) is 17.8 Å². The molecule has 0 aromatic heterocycles. The van der Waals surface area contributed by atoms with Gasteiger partial charge in [0.1, 0.15) is 5.60 Å². The maximum Gasteiger partial charge on any atom is 0.254 e. The summed E-state index contributed by atoms with van der Waals surface area (Å²) in [5.74, 6) is 1.20. The number of Topliss-reactive ketones (excluding diaryl/α,β-unsaturated/α-hetero) is 1. The number of rotatable bonds is 6. The highest BCUT2D eigenvalue weighted by molar-refractivity contribution is 6.39. The molecule has 8 heteroatoms. The molecule has 2 aliphatic heterocycles. The maximum atomic E-state index is 13.2. The van der Waals surface area contributed by atoms with Crippen molar-refractivity contribution in [2.24, 2.45) is 0 Å². The molecule has 1 aliphatic carbocycles. The molecule has 0 atom stereocenters. The first-order chi connectivity index (χ1) is 17.3. The van der Waals surface area contributed by atoms with E-state index < -0.39 is 5.60 Å². The van der Waals surface area contributed by atoms with E-state index in [4.69, 9.17) is 32.7 Å².